The Labute approximate surface area is 527 Å². The zero-order valence-corrected chi connectivity index (χ0v) is 53.0. The molecular formula is C67H89N11O12. The Morgan fingerprint density at radius 1 is 0.722 bits per heavy atom. The number of morpholine rings is 1. The van der Waals surface area contributed by atoms with E-state index < -0.39 is 53.4 Å². The first-order chi connectivity index (χ1) is 43.2. The second-order valence-electron chi connectivity index (χ2n) is 24.8. The van der Waals surface area contributed by atoms with Gasteiger partial charge in [0, 0.05) is 63.7 Å². The molecule has 90 heavy (non-hydrogen) atoms. The number of phenols is 2. The van der Waals surface area contributed by atoms with Gasteiger partial charge in [0.2, 0.25) is 29.5 Å². The highest BCUT2D eigenvalue weighted by atomic mass is 16.6. The second kappa shape index (κ2) is 31.9. The molecule has 3 fully saturated rings. The lowest BCUT2D eigenvalue weighted by Gasteiger charge is -2.32. The molecule has 3 aliphatic heterocycles. The summed E-state index contributed by atoms with van der Waals surface area (Å²) >= 11 is 0. The van der Waals surface area contributed by atoms with E-state index in [1.54, 1.807) is 46.7 Å². The van der Waals surface area contributed by atoms with Crippen LogP contribution in [-0.2, 0) is 51.1 Å². The second-order valence-corrected chi connectivity index (χ2v) is 24.8. The monoisotopic (exact) mass is 1240 g/mol. The van der Waals surface area contributed by atoms with Crippen molar-refractivity contribution in [3.05, 3.63) is 120 Å². The number of amides is 6. The lowest BCUT2D eigenvalue weighted by Crippen LogP contribution is -2.59. The predicted molar refractivity (Wildman–Crippen MR) is 339 cm³/mol. The van der Waals surface area contributed by atoms with Gasteiger partial charge < -0.3 is 60.7 Å². The van der Waals surface area contributed by atoms with Gasteiger partial charge in [-0.3, -0.25) is 38.2 Å². The number of rotatable bonds is 30. The minimum absolute atomic E-state index is 0.00598. The maximum Gasteiger partial charge on any atom is 0.289 e. The number of benzene rings is 4. The summed E-state index contributed by atoms with van der Waals surface area (Å²) < 4.78 is 19.3. The highest BCUT2D eigenvalue weighted by Crippen LogP contribution is 2.39. The molecule has 0 bridgehead atoms. The molecule has 23 heteroatoms. The van der Waals surface area contributed by atoms with Gasteiger partial charge >= 0.3 is 0 Å². The van der Waals surface area contributed by atoms with Crippen molar-refractivity contribution < 1.29 is 58.0 Å². The van der Waals surface area contributed by atoms with Crippen LogP contribution in [-0.4, -0.2) is 178 Å². The van der Waals surface area contributed by atoms with Gasteiger partial charge in [-0.15, -0.1) is 10.2 Å². The largest absolute Gasteiger partial charge is 0.508 e. The molecule has 6 amide bonds. The van der Waals surface area contributed by atoms with E-state index in [0.717, 1.165) is 11.1 Å². The number of aryl methyl sites for hydroxylation is 1. The molecule has 3 saturated heterocycles. The Hall–Kier alpha value is -8.41. The average molecular weight is 1240 g/mol. The minimum Gasteiger partial charge on any atom is -0.508 e. The van der Waals surface area contributed by atoms with Crippen molar-refractivity contribution in [3.63, 3.8) is 0 Å². The molecule has 0 spiro atoms. The van der Waals surface area contributed by atoms with Crippen molar-refractivity contribution >= 4 is 41.2 Å². The van der Waals surface area contributed by atoms with E-state index in [1.807, 2.05) is 114 Å². The van der Waals surface area contributed by atoms with E-state index in [2.05, 4.69) is 41.9 Å². The third-order valence-corrected chi connectivity index (χ3v) is 16.2. The molecule has 4 aromatic carbocycles. The summed E-state index contributed by atoms with van der Waals surface area (Å²) in [5.41, 5.74) is 2.68. The molecule has 5 atom stereocenters. The Balaban J connectivity index is 0.909. The molecule has 0 saturated carbocycles. The number of piperidine rings is 1. The molecule has 484 valence electrons. The van der Waals surface area contributed by atoms with E-state index in [9.17, 15) is 39.0 Å². The normalized spacial score (nSPS) is 17.7. The molecule has 7 N–H and O–H groups in total. The highest BCUT2D eigenvalue weighted by molar-refractivity contribution is 6.02. The summed E-state index contributed by atoms with van der Waals surface area (Å²) in [6, 6.07) is 25.1. The van der Waals surface area contributed by atoms with Gasteiger partial charge in [0.05, 0.1) is 38.0 Å². The van der Waals surface area contributed by atoms with Crippen molar-refractivity contribution in [2.24, 2.45) is 17.0 Å². The number of likely N-dealkylation sites (tertiary alicyclic amines) is 1. The molecule has 0 unspecified atom stereocenters. The van der Waals surface area contributed by atoms with Crippen molar-refractivity contribution in [2.45, 2.75) is 142 Å². The first-order valence-corrected chi connectivity index (χ1v) is 31.5. The molecule has 0 aliphatic carbocycles. The fourth-order valence-corrected chi connectivity index (χ4v) is 11.2. The van der Waals surface area contributed by atoms with Crippen molar-refractivity contribution in [1.82, 2.24) is 51.1 Å². The van der Waals surface area contributed by atoms with E-state index in [1.165, 1.54) is 6.07 Å². The van der Waals surface area contributed by atoms with Crippen LogP contribution in [0.15, 0.2) is 102 Å². The summed E-state index contributed by atoms with van der Waals surface area (Å²) in [6.07, 6.45) is 2.40. The van der Waals surface area contributed by atoms with Crippen molar-refractivity contribution in [1.29, 1.82) is 0 Å². The molecule has 0 radical (unpaired) electrons. The van der Waals surface area contributed by atoms with Crippen LogP contribution < -0.4 is 31.3 Å². The van der Waals surface area contributed by atoms with E-state index >= 15 is 0 Å². The number of hydrogen-bond acceptors (Lipinski definition) is 16. The van der Waals surface area contributed by atoms with Crippen LogP contribution in [0, 0.1) is 11.8 Å². The molecule has 3 aliphatic rings. The van der Waals surface area contributed by atoms with Crippen LogP contribution in [0.25, 0.3) is 17.1 Å². The Kier molecular flexibility index (Phi) is 23.9. The van der Waals surface area contributed by atoms with Crippen molar-refractivity contribution in [3.8, 4) is 34.3 Å². The molecule has 4 heterocycles. The third-order valence-electron chi connectivity index (χ3n) is 16.2. The maximum atomic E-state index is 14.8. The Morgan fingerprint density at radius 2 is 1.32 bits per heavy atom. The summed E-state index contributed by atoms with van der Waals surface area (Å²) in [4.78, 5) is 93.8. The van der Waals surface area contributed by atoms with Crippen LogP contribution >= 0.6 is 0 Å². The number of phenolic OH excluding ortho intramolecular Hbond substituents is 2. The smallest absolute Gasteiger partial charge is 0.289 e. The predicted octanol–water partition coefficient (Wildman–Crippen LogP) is 5.99. The molecular weight excluding hydrogens is 1150 g/mol. The number of oxime groups is 1. The van der Waals surface area contributed by atoms with Gasteiger partial charge in [0.25, 0.3) is 11.8 Å². The van der Waals surface area contributed by atoms with Crippen molar-refractivity contribution in [2.75, 3.05) is 65.7 Å². The summed E-state index contributed by atoms with van der Waals surface area (Å²) in [6.45, 7) is 18.7. The maximum absolute atomic E-state index is 14.8. The van der Waals surface area contributed by atoms with Crippen LogP contribution in [0.3, 0.4) is 0 Å². The number of nitrogens with one attached hydrogen (secondary N) is 5. The summed E-state index contributed by atoms with van der Waals surface area (Å²) in [7, 11) is 0. The van der Waals surface area contributed by atoms with E-state index in [4.69, 9.17) is 19.0 Å². The third kappa shape index (κ3) is 18.8. The zero-order valence-electron chi connectivity index (χ0n) is 53.0. The Morgan fingerprint density at radius 3 is 1.94 bits per heavy atom. The number of ether oxygens (including phenoxy) is 3. The minimum atomic E-state index is -1.11. The first kappa shape index (κ1) is 67.5. The fourth-order valence-electron chi connectivity index (χ4n) is 11.2. The van der Waals surface area contributed by atoms with Crippen LogP contribution in [0.4, 0.5) is 0 Å². The SMILES string of the molecule is CCNC(=O)c1nnc(-c2cc(C(C)C)c(O)cc2O)n1-c1ccc(OC2CCN(C(=O)CO/N=C(/[C@H](CC(C)C)NC(=O)[C@H](Cc3ccccc3)NC(=O)[C@H](CC(C)C)NC(=O)[C@H](CCc3ccccc3)NC(=O)CN3CCOCC3)[C@@]3(C)CO3)CC2)cc1. The highest BCUT2D eigenvalue weighted by Gasteiger charge is 2.49. The number of carbonyl (C=O) groups excluding carboxylic acids is 6. The van der Waals surface area contributed by atoms with Crippen LogP contribution in [0.2, 0.25) is 0 Å². The van der Waals surface area contributed by atoms with Gasteiger partial charge in [-0.2, -0.15) is 0 Å². The van der Waals surface area contributed by atoms with Gasteiger partial charge in [-0.25, -0.2) is 0 Å². The molecule has 5 aromatic rings. The summed E-state index contributed by atoms with van der Waals surface area (Å²) in [5, 5.41) is 49.4. The van der Waals surface area contributed by atoms with Gasteiger partial charge in [0.15, 0.2) is 12.4 Å². The number of epoxide rings is 1. The first-order valence-electron chi connectivity index (χ1n) is 31.5. The number of aromatic nitrogens is 3. The standard InChI is InChI=1S/C67H89N11O12/c1-9-68-66(86)62-74-73-61(51-37-50(44(6)7)56(79)38-57(51)80)78(62)47-21-23-48(24-22-47)90-49-26-28-77(29-27-49)59(82)40-89-75-60(67(8)41-88-67)53(34-42(2)3)70-65(85)55(36-46-18-14-11-15-19-46)72-64(84)54(35-43(4)5)71-63(83)52(25-20-45-16-12-10-13-17-45)69-58(81)39-76-30-32-87-33-31-76/h10-19,21-24,37-38,42-44,49,52-55,79-80H,9,20,25-36,39-41H2,1-8H3,(H,68,86)(H,69,81)(H,70,85)(H,71,83)(H,72,84)/b75-60-/t52-,53-,54-,55-,67+/m0/s1. The molecule has 8 rings (SSSR count). The van der Waals surface area contributed by atoms with Crippen LogP contribution in [0.5, 0.6) is 17.2 Å². The fraction of sp³-hybridized carbons (Fsp3) is 0.507. The molecule has 23 nitrogen and oxygen atoms in total. The lowest BCUT2D eigenvalue weighted by atomic mass is 9.92. The average Bonchev–Trinajstić information content (AvgIpc) is 1.71. The zero-order chi connectivity index (χ0) is 64.5. The van der Waals surface area contributed by atoms with Gasteiger partial charge in [-0.1, -0.05) is 107 Å². The number of nitrogens with zero attached hydrogens (tertiary/aromatic N) is 6. The number of carbonyl (C=O) groups is 6. The van der Waals surface area contributed by atoms with Gasteiger partial charge in [0.1, 0.15) is 52.8 Å². The Bertz CT molecular complexity index is 3250. The van der Waals surface area contributed by atoms with E-state index in [-0.39, 0.29) is 91.2 Å². The summed E-state index contributed by atoms with van der Waals surface area (Å²) in [5.74, 6) is -2.21. The lowest BCUT2D eigenvalue weighted by molar-refractivity contribution is -0.138. The topological polar surface area (TPSA) is 293 Å². The van der Waals surface area contributed by atoms with E-state index in [0.29, 0.717) is 107 Å². The number of aromatic hydroxyl groups is 2. The van der Waals surface area contributed by atoms with Crippen LogP contribution in [0.1, 0.15) is 121 Å². The molecule has 1 aromatic heterocycles. The quantitative estimate of drug-likeness (QED) is 0.0158. The number of hydrogen-bond donors (Lipinski definition) is 7. The van der Waals surface area contributed by atoms with Gasteiger partial charge in [-0.05, 0) is 104 Å².